The molecule has 2 aliphatic heterocycles. The topological polar surface area (TPSA) is 69.0 Å². The Morgan fingerprint density at radius 1 is 1.10 bits per heavy atom. The van der Waals surface area contributed by atoms with Crippen molar-refractivity contribution in [2.24, 2.45) is 0 Å². The Labute approximate surface area is 173 Å². The fourth-order valence-electron chi connectivity index (χ4n) is 4.02. The SMILES string of the molecule is O=C(c1cc(Cl)c2c(c1)OCCCO2)N1CCC(c2nnc3ccccn23)CC1. The number of halogens is 1. The Morgan fingerprint density at radius 3 is 2.79 bits per heavy atom. The highest BCUT2D eigenvalue weighted by atomic mass is 35.5. The number of hydrogen-bond donors (Lipinski definition) is 0. The molecule has 2 aliphatic rings. The molecule has 0 bridgehead atoms. The van der Waals surface area contributed by atoms with E-state index in [-0.39, 0.29) is 11.8 Å². The van der Waals surface area contributed by atoms with Crippen molar-refractivity contribution >= 4 is 23.2 Å². The van der Waals surface area contributed by atoms with Gasteiger partial charge in [0.05, 0.1) is 18.2 Å². The van der Waals surface area contributed by atoms with Gasteiger partial charge in [0.15, 0.2) is 17.1 Å². The van der Waals surface area contributed by atoms with Crippen LogP contribution in [-0.4, -0.2) is 51.7 Å². The number of ether oxygens (including phenoxy) is 2. The summed E-state index contributed by atoms with van der Waals surface area (Å²) in [7, 11) is 0. The van der Waals surface area contributed by atoms with Crippen molar-refractivity contribution in [2.45, 2.75) is 25.2 Å². The van der Waals surface area contributed by atoms with E-state index >= 15 is 0 Å². The van der Waals surface area contributed by atoms with Gasteiger partial charge in [-0.2, -0.15) is 0 Å². The van der Waals surface area contributed by atoms with Gasteiger partial charge < -0.3 is 14.4 Å². The molecule has 0 saturated carbocycles. The third-order valence-corrected chi connectivity index (χ3v) is 5.82. The van der Waals surface area contributed by atoms with Crippen LogP contribution in [0.15, 0.2) is 36.5 Å². The molecule has 0 N–H and O–H groups in total. The number of rotatable bonds is 2. The van der Waals surface area contributed by atoms with Gasteiger partial charge in [0, 0.05) is 37.2 Å². The molecule has 4 heterocycles. The van der Waals surface area contributed by atoms with Crippen LogP contribution in [0.2, 0.25) is 5.02 Å². The number of likely N-dealkylation sites (tertiary alicyclic amines) is 1. The maximum absolute atomic E-state index is 13.1. The molecule has 150 valence electrons. The Morgan fingerprint density at radius 2 is 1.93 bits per heavy atom. The average molecular weight is 413 g/mol. The maximum atomic E-state index is 13.1. The highest BCUT2D eigenvalue weighted by Crippen LogP contribution is 2.38. The highest BCUT2D eigenvalue weighted by Gasteiger charge is 2.28. The van der Waals surface area contributed by atoms with Gasteiger partial charge in [0.2, 0.25) is 0 Å². The van der Waals surface area contributed by atoms with E-state index in [0.29, 0.717) is 48.4 Å². The molecule has 1 amide bonds. The van der Waals surface area contributed by atoms with E-state index in [1.54, 1.807) is 12.1 Å². The van der Waals surface area contributed by atoms with Crippen LogP contribution in [-0.2, 0) is 0 Å². The lowest BCUT2D eigenvalue weighted by Gasteiger charge is -2.31. The number of benzene rings is 1. The van der Waals surface area contributed by atoms with E-state index in [0.717, 1.165) is 30.7 Å². The second-order valence-electron chi connectivity index (χ2n) is 7.39. The molecule has 5 rings (SSSR count). The number of carbonyl (C=O) groups is 1. The van der Waals surface area contributed by atoms with Gasteiger partial charge >= 0.3 is 0 Å². The number of nitrogens with zero attached hydrogens (tertiary/aromatic N) is 4. The van der Waals surface area contributed by atoms with Crippen molar-refractivity contribution < 1.29 is 14.3 Å². The molecule has 0 aliphatic carbocycles. The first-order chi connectivity index (χ1) is 14.2. The summed E-state index contributed by atoms with van der Waals surface area (Å²) in [4.78, 5) is 14.9. The van der Waals surface area contributed by atoms with Crippen LogP contribution in [0, 0.1) is 0 Å². The zero-order chi connectivity index (χ0) is 19.8. The van der Waals surface area contributed by atoms with E-state index in [1.165, 1.54) is 0 Å². The van der Waals surface area contributed by atoms with Gasteiger partial charge in [-0.3, -0.25) is 9.20 Å². The summed E-state index contributed by atoms with van der Waals surface area (Å²) in [6.45, 7) is 2.44. The second kappa shape index (κ2) is 7.55. The Kier molecular flexibility index (Phi) is 4.75. The smallest absolute Gasteiger partial charge is 0.254 e. The van der Waals surface area contributed by atoms with Crippen LogP contribution >= 0.6 is 11.6 Å². The molecule has 8 heteroatoms. The Bertz CT molecular complexity index is 1060. The minimum Gasteiger partial charge on any atom is -0.489 e. The Balaban J connectivity index is 1.31. The fraction of sp³-hybridized carbons (Fsp3) is 0.381. The largest absolute Gasteiger partial charge is 0.489 e. The van der Waals surface area contributed by atoms with Crippen molar-refractivity contribution in [1.82, 2.24) is 19.5 Å². The number of piperidine rings is 1. The molecule has 0 unspecified atom stereocenters. The fourth-order valence-corrected chi connectivity index (χ4v) is 4.28. The van der Waals surface area contributed by atoms with Gasteiger partial charge in [0.1, 0.15) is 5.82 Å². The van der Waals surface area contributed by atoms with Gasteiger partial charge in [-0.05, 0) is 37.1 Å². The minimum atomic E-state index is -0.0351. The van der Waals surface area contributed by atoms with Crippen molar-refractivity contribution in [1.29, 1.82) is 0 Å². The number of aromatic nitrogens is 3. The molecule has 2 aromatic heterocycles. The number of pyridine rings is 1. The summed E-state index contributed by atoms with van der Waals surface area (Å²) in [6.07, 6.45) is 4.47. The summed E-state index contributed by atoms with van der Waals surface area (Å²) < 4.78 is 13.4. The maximum Gasteiger partial charge on any atom is 0.254 e. The predicted octanol–water partition coefficient (Wildman–Crippen LogP) is 3.56. The Hall–Kier alpha value is -2.80. The summed E-state index contributed by atoms with van der Waals surface area (Å²) >= 11 is 6.36. The molecule has 1 saturated heterocycles. The van der Waals surface area contributed by atoms with Crippen LogP contribution < -0.4 is 9.47 Å². The normalized spacial score (nSPS) is 17.3. The summed E-state index contributed by atoms with van der Waals surface area (Å²) in [5.74, 6) is 2.28. The van der Waals surface area contributed by atoms with E-state index in [1.807, 2.05) is 33.7 Å². The number of carbonyl (C=O) groups excluding carboxylic acids is 1. The van der Waals surface area contributed by atoms with Gasteiger partial charge in [0.25, 0.3) is 5.91 Å². The average Bonchev–Trinajstić information content (AvgIpc) is 3.03. The molecule has 29 heavy (non-hydrogen) atoms. The van der Waals surface area contributed by atoms with Crippen molar-refractivity contribution in [3.8, 4) is 11.5 Å². The van der Waals surface area contributed by atoms with Crippen LogP contribution in [0.5, 0.6) is 11.5 Å². The standard InChI is InChI=1S/C21H21ClN4O3/c22-16-12-15(13-17-19(16)29-11-3-10-28-17)21(27)25-8-5-14(6-9-25)20-24-23-18-4-1-2-7-26(18)20/h1-2,4,7,12-14H,3,5-6,8-11H2. The summed E-state index contributed by atoms with van der Waals surface area (Å²) in [5, 5.41) is 9.04. The first-order valence-corrected chi connectivity index (χ1v) is 10.3. The molecule has 1 aromatic carbocycles. The third-order valence-electron chi connectivity index (χ3n) is 5.54. The first kappa shape index (κ1) is 18.2. The molecule has 7 nitrogen and oxygen atoms in total. The van der Waals surface area contributed by atoms with Gasteiger partial charge in [-0.15, -0.1) is 10.2 Å². The van der Waals surface area contributed by atoms with Crippen molar-refractivity contribution in [2.75, 3.05) is 26.3 Å². The van der Waals surface area contributed by atoms with Crippen LogP contribution in [0.25, 0.3) is 5.65 Å². The van der Waals surface area contributed by atoms with Gasteiger partial charge in [-0.1, -0.05) is 17.7 Å². The number of hydrogen-bond acceptors (Lipinski definition) is 5. The third kappa shape index (κ3) is 3.40. The quantitative estimate of drug-likeness (QED) is 0.643. The lowest BCUT2D eigenvalue weighted by atomic mass is 9.95. The first-order valence-electron chi connectivity index (χ1n) is 9.89. The van der Waals surface area contributed by atoms with E-state index < -0.39 is 0 Å². The zero-order valence-corrected chi connectivity index (χ0v) is 16.6. The molecular weight excluding hydrogens is 392 g/mol. The van der Waals surface area contributed by atoms with Crippen LogP contribution in [0.4, 0.5) is 0 Å². The summed E-state index contributed by atoms with van der Waals surface area (Å²) in [6, 6.07) is 9.30. The molecule has 1 fully saturated rings. The number of amides is 1. The molecule has 3 aromatic rings. The highest BCUT2D eigenvalue weighted by molar-refractivity contribution is 6.32. The number of fused-ring (bicyclic) bond motifs is 2. The summed E-state index contributed by atoms with van der Waals surface area (Å²) in [5.41, 5.74) is 1.38. The van der Waals surface area contributed by atoms with E-state index in [2.05, 4.69) is 10.2 Å². The van der Waals surface area contributed by atoms with Crippen LogP contribution in [0.3, 0.4) is 0 Å². The van der Waals surface area contributed by atoms with Crippen molar-refractivity contribution in [3.05, 3.63) is 52.9 Å². The molecular formula is C21H21ClN4O3. The van der Waals surface area contributed by atoms with E-state index in [9.17, 15) is 4.79 Å². The second-order valence-corrected chi connectivity index (χ2v) is 7.80. The van der Waals surface area contributed by atoms with Gasteiger partial charge in [-0.25, -0.2) is 0 Å². The van der Waals surface area contributed by atoms with Crippen LogP contribution in [0.1, 0.15) is 41.4 Å². The minimum absolute atomic E-state index is 0.0351. The zero-order valence-electron chi connectivity index (χ0n) is 15.9. The molecule has 0 radical (unpaired) electrons. The lowest BCUT2D eigenvalue weighted by Crippen LogP contribution is -2.38. The predicted molar refractivity (Wildman–Crippen MR) is 108 cm³/mol. The molecule has 0 atom stereocenters. The monoisotopic (exact) mass is 412 g/mol. The molecule has 0 spiro atoms. The lowest BCUT2D eigenvalue weighted by molar-refractivity contribution is 0.0710. The van der Waals surface area contributed by atoms with Crippen molar-refractivity contribution in [3.63, 3.8) is 0 Å². The van der Waals surface area contributed by atoms with E-state index in [4.69, 9.17) is 21.1 Å².